The predicted molar refractivity (Wildman–Crippen MR) is 79.2 cm³/mol. The molecule has 3 nitrogen and oxygen atoms in total. The number of amides is 1. The Morgan fingerprint density at radius 1 is 1.52 bits per heavy atom. The topological polar surface area (TPSA) is 40.5 Å². The van der Waals surface area contributed by atoms with Crippen LogP contribution in [-0.4, -0.2) is 35.6 Å². The van der Waals surface area contributed by atoms with E-state index in [0.717, 1.165) is 19.5 Å². The molecular weight excluding hydrogens is 269 g/mol. The fourth-order valence-electron chi connectivity index (χ4n) is 2.58. The highest BCUT2D eigenvalue weighted by Crippen LogP contribution is 2.25. The zero-order valence-corrected chi connectivity index (χ0v) is 12.4. The molecule has 1 aromatic carbocycles. The van der Waals surface area contributed by atoms with Gasteiger partial charge < -0.3 is 10.0 Å². The molecule has 2 rings (SSSR count). The maximum Gasteiger partial charge on any atom is 0.253 e. The normalized spacial score (nSPS) is 17.8. The summed E-state index contributed by atoms with van der Waals surface area (Å²) in [7, 11) is 0. The Morgan fingerprint density at radius 3 is 2.86 bits per heavy atom. The highest BCUT2D eigenvalue weighted by Gasteiger charge is 2.28. The number of hydrogen-bond donors (Lipinski definition) is 1. The molecule has 0 spiro atoms. The van der Waals surface area contributed by atoms with Crippen molar-refractivity contribution < 1.29 is 14.3 Å². The maximum atomic E-state index is 13.9. The van der Waals surface area contributed by atoms with E-state index in [0.29, 0.717) is 17.4 Å². The SMILES string of the molecule is CC(C)C1CCN(C(=O)c2ccc(C#CCO)c(F)c2)C1. The van der Waals surface area contributed by atoms with E-state index in [1.54, 1.807) is 11.0 Å². The number of likely N-dealkylation sites (tertiary alicyclic amines) is 1. The molecular formula is C17H20FNO2. The fourth-order valence-corrected chi connectivity index (χ4v) is 2.58. The van der Waals surface area contributed by atoms with Crippen LogP contribution in [-0.2, 0) is 0 Å². The summed E-state index contributed by atoms with van der Waals surface area (Å²) < 4.78 is 13.9. The Labute approximate surface area is 124 Å². The number of nitrogens with zero attached hydrogens (tertiary/aromatic N) is 1. The summed E-state index contributed by atoms with van der Waals surface area (Å²) in [5, 5.41) is 8.62. The molecule has 4 heteroatoms. The van der Waals surface area contributed by atoms with Gasteiger partial charge in [0.2, 0.25) is 0 Å². The second-order valence-corrected chi connectivity index (χ2v) is 5.70. The molecule has 1 unspecified atom stereocenters. The van der Waals surface area contributed by atoms with Crippen LogP contribution in [0.5, 0.6) is 0 Å². The average Bonchev–Trinajstić information content (AvgIpc) is 2.95. The number of benzene rings is 1. The third-order valence-corrected chi connectivity index (χ3v) is 3.97. The van der Waals surface area contributed by atoms with Crippen LogP contribution in [0.3, 0.4) is 0 Å². The second kappa shape index (κ2) is 6.73. The first-order valence-corrected chi connectivity index (χ1v) is 7.21. The van der Waals surface area contributed by atoms with Crippen molar-refractivity contribution in [3.05, 3.63) is 35.1 Å². The predicted octanol–water partition coefficient (Wildman–Crippen LogP) is 2.29. The molecule has 1 saturated heterocycles. The van der Waals surface area contributed by atoms with Gasteiger partial charge in [-0.1, -0.05) is 25.7 Å². The molecule has 1 aliphatic heterocycles. The first-order chi connectivity index (χ1) is 10.0. The van der Waals surface area contributed by atoms with Crippen LogP contribution in [0.4, 0.5) is 4.39 Å². The quantitative estimate of drug-likeness (QED) is 0.849. The molecule has 1 amide bonds. The molecule has 0 radical (unpaired) electrons. The van der Waals surface area contributed by atoms with Crippen molar-refractivity contribution in [2.24, 2.45) is 11.8 Å². The number of carbonyl (C=O) groups excluding carboxylic acids is 1. The first-order valence-electron chi connectivity index (χ1n) is 7.21. The third-order valence-electron chi connectivity index (χ3n) is 3.97. The summed E-state index contributed by atoms with van der Waals surface area (Å²) in [4.78, 5) is 14.2. The van der Waals surface area contributed by atoms with Gasteiger partial charge in [-0.25, -0.2) is 4.39 Å². The van der Waals surface area contributed by atoms with E-state index in [9.17, 15) is 9.18 Å². The molecule has 0 bridgehead atoms. The van der Waals surface area contributed by atoms with Crippen LogP contribution in [0.15, 0.2) is 18.2 Å². The Kier molecular flexibility index (Phi) is 4.98. The third kappa shape index (κ3) is 3.62. The van der Waals surface area contributed by atoms with Gasteiger partial charge in [-0.3, -0.25) is 4.79 Å². The summed E-state index contributed by atoms with van der Waals surface area (Å²) in [5.74, 6) is 5.34. The van der Waals surface area contributed by atoms with Crippen LogP contribution < -0.4 is 0 Å². The van der Waals surface area contributed by atoms with E-state index in [1.165, 1.54) is 12.1 Å². The van der Waals surface area contributed by atoms with Crippen molar-refractivity contribution in [2.75, 3.05) is 19.7 Å². The number of hydrogen-bond acceptors (Lipinski definition) is 2. The molecule has 1 N–H and O–H groups in total. The van der Waals surface area contributed by atoms with Gasteiger partial charge in [0, 0.05) is 18.7 Å². The van der Waals surface area contributed by atoms with Crippen LogP contribution >= 0.6 is 0 Å². The molecule has 112 valence electrons. The van der Waals surface area contributed by atoms with Gasteiger partial charge in [0.1, 0.15) is 12.4 Å². The molecule has 1 atom stereocenters. The van der Waals surface area contributed by atoms with Gasteiger partial charge in [0.15, 0.2) is 0 Å². The molecule has 1 heterocycles. The monoisotopic (exact) mass is 289 g/mol. The minimum absolute atomic E-state index is 0.126. The number of aliphatic hydroxyl groups is 1. The summed E-state index contributed by atoms with van der Waals surface area (Å²) >= 11 is 0. The van der Waals surface area contributed by atoms with Gasteiger partial charge in [0.25, 0.3) is 5.91 Å². The van der Waals surface area contributed by atoms with Gasteiger partial charge >= 0.3 is 0 Å². The standard InChI is InChI=1S/C17H20FNO2/c1-12(2)15-7-8-19(11-15)17(21)14-6-5-13(4-3-9-20)16(18)10-14/h5-6,10,12,15,20H,7-9,11H2,1-2H3. The summed E-state index contributed by atoms with van der Waals surface area (Å²) in [5.41, 5.74) is 0.550. The van der Waals surface area contributed by atoms with Gasteiger partial charge in [-0.05, 0) is 36.5 Å². The summed E-state index contributed by atoms with van der Waals surface area (Å²) in [6.07, 6.45) is 1.01. The van der Waals surface area contributed by atoms with Gasteiger partial charge in [-0.2, -0.15) is 0 Å². The lowest BCUT2D eigenvalue weighted by Gasteiger charge is -2.18. The van der Waals surface area contributed by atoms with Crippen molar-refractivity contribution in [3.8, 4) is 11.8 Å². The zero-order valence-electron chi connectivity index (χ0n) is 12.4. The number of aliphatic hydroxyl groups excluding tert-OH is 1. The zero-order chi connectivity index (χ0) is 15.4. The first kappa shape index (κ1) is 15.5. The van der Waals surface area contributed by atoms with Crippen LogP contribution in [0.2, 0.25) is 0 Å². The largest absolute Gasteiger partial charge is 0.384 e. The van der Waals surface area contributed by atoms with E-state index < -0.39 is 5.82 Å². The minimum atomic E-state index is -0.526. The summed E-state index contributed by atoms with van der Waals surface area (Å²) in [6.45, 7) is 5.48. The van der Waals surface area contributed by atoms with Crippen LogP contribution in [0, 0.1) is 29.5 Å². The number of rotatable bonds is 2. The Bertz CT molecular complexity index is 586. The minimum Gasteiger partial charge on any atom is -0.384 e. The second-order valence-electron chi connectivity index (χ2n) is 5.70. The smallest absolute Gasteiger partial charge is 0.253 e. The van der Waals surface area contributed by atoms with E-state index in [2.05, 4.69) is 25.7 Å². The molecule has 1 aliphatic rings. The van der Waals surface area contributed by atoms with Crippen molar-refractivity contribution in [2.45, 2.75) is 20.3 Å². The molecule has 21 heavy (non-hydrogen) atoms. The molecule has 1 fully saturated rings. The highest BCUT2D eigenvalue weighted by atomic mass is 19.1. The molecule has 1 aromatic rings. The molecule has 0 saturated carbocycles. The van der Waals surface area contributed by atoms with E-state index in [1.807, 2.05) is 0 Å². The van der Waals surface area contributed by atoms with Crippen LogP contribution in [0.1, 0.15) is 36.2 Å². The molecule has 0 aliphatic carbocycles. The number of carbonyl (C=O) groups is 1. The maximum absolute atomic E-state index is 13.9. The van der Waals surface area contributed by atoms with E-state index in [4.69, 9.17) is 5.11 Å². The van der Waals surface area contributed by atoms with Gasteiger partial charge in [0.05, 0.1) is 5.56 Å². The lowest BCUT2D eigenvalue weighted by molar-refractivity contribution is 0.0783. The van der Waals surface area contributed by atoms with E-state index in [-0.39, 0.29) is 18.1 Å². The van der Waals surface area contributed by atoms with Crippen molar-refractivity contribution in [3.63, 3.8) is 0 Å². The average molecular weight is 289 g/mol. The van der Waals surface area contributed by atoms with Crippen molar-refractivity contribution in [1.29, 1.82) is 0 Å². The fraction of sp³-hybridized carbons (Fsp3) is 0.471. The lowest BCUT2D eigenvalue weighted by atomic mass is 9.95. The van der Waals surface area contributed by atoms with Crippen molar-refractivity contribution >= 4 is 5.91 Å². The Balaban J connectivity index is 2.12. The van der Waals surface area contributed by atoms with E-state index >= 15 is 0 Å². The van der Waals surface area contributed by atoms with Gasteiger partial charge in [-0.15, -0.1) is 0 Å². The Morgan fingerprint density at radius 2 is 2.29 bits per heavy atom. The highest BCUT2D eigenvalue weighted by molar-refractivity contribution is 5.94. The number of halogens is 1. The van der Waals surface area contributed by atoms with Crippen molar-refractivity contribution in [1.82, 2.24) is 4.90 Å². The van der Waals surface area contributed by atoms with Crippen LogP contribution in [0.25, 0.3) is 0 Å². The molecule has 0 aromatic heterocycles. The Hall–Kier alpha value is -1.86. The lowest BCUT2D eigenvalue weighted by Crippen LogP contribution is -2.29. The summed E-state index contributed by atoms with van der Waals surface area (Å²) in [6, 6.07) is 4.31.